The quantitative estimate of drug-likeness (QED) is 0.750. The molecule has 0 unspecified atom stereocenters. The Hall–Kier alpha value is -0.870. The Morgan fingerprint density at radius 1 is 1.50 bits per heavy atom. The van der Waals surface area contributed by atoms with Crippen molar-refractivity contribution in [1.29, 1.82) is 0 Å². The second-order valence-corrected chi connectivity index (χ2v) is 3.63. The molecule has 4 nitrogen and oxygen atoms in total. The zero-order valence-corrected chi connectivity index (χ0v) is 9.04. The molecule has 0 bridgehead atoms. The Balaban J connectivity index is 2.84. The molecule has 5 heteroatoms. The zero-order valence-electron chi connectivity index (χ0n) is 8.29. The topological polar surface area (TPSA) is 58.0 Å². The second kappa shape index (κ2) is 5.12. The number of aromatic nitrogens is 2. The van der Waals surface area contributed by atoms with E-state index in [9.17, 15) is 0 Å². The molecule has 0 aliphatic heterocycles. The third-order valence-electron chi connectivity index (χ3n) is 1.65. The van der Waals surface area contributed by atoms with Crippen LogP contribution in [0.1, 0.15) is 25.6 Å². The summed E-state index contributed by atoms with van der Waals surface area (Å²) >= 11 is 5.82. The van der Waals surface area contributed by atoms with Gasteiger partial charge in [0, 0.05) is 18.5 Å². The number of aliphatic hydroxyl groups excluding tert-OH is 1. The molecule has 14 heavy (non-hydrogen) atoms. The van der Waals surface area contributed by atoms with Gasteiger partial charge in [-0.05, 0) is 0 Å². The number of aliphatic hydroxyl groups is 1. The number of anilines is 1. The molecule has 0 aliphatic rings. The normalized spacial score (nSPS) is 10.6. The summed E-state index contributed by atoms with van der Waals surface area (Å²) in [7, 11) is 0. The lowest BCUT2D eigenvalue weighted by Crippen LogP contribution is -2.09. The van der Waals surface area contributed by atoms with Gasteiger partial charge >= 0.3 is 0 Å². The van der Waals surface area contributed by atoms with E-state index in [0.717, 1.165) is 0 Å². The summed E-state index contributed by atoms with van der Waals surface area (Å²) in [6.07, 6.45) is 0. The van der Waals surface area contributed by atoms with Gasteiger partial charge in [-0.2, -0.15) is 0 Å². The highest BCUT2D eigenvalue weighted by atomic mass is 35.5. The maximum absolute atomic E-state index is 8.64. The Morgan fingerprint density at radius 3 is 2.79 bits per heavy atom. The van der Waals surface area contributed by atoms with Crippen LogP contribution in [0, 0.1) is 0 Å². The number of hydrogen-bond donors (Lipinski definition) is 2. The third kappa shape index (κ3) is 3.12. The molecule has 1 rings (SSSR count). The first-order valence-corrected chi connectivity index (χ1v) is 4.90. The van der Waals surface area contributed by atoms with Crippen molar-refractivity contribution in [1.82, 2.24) is 9.97 Å². The summed E-state index contributed by atoms with van der Waals surface area (Å²) in [6, 6.07) is 1.64. The van der Waals surface area contributed by atoms with Crippen molar-refractivity contribution in [2.24, 2.45) is 0 Å². The van der Waals surface area contributed by atoms with E-state index in [1.165, 1.54) is 0 Å². The summed E-state index contributed by atoms with van der Waals surface area (Å²) in [5, 5.41) is 12.0. The molecule has 0 aliphatic carbocycles. The molecule has 0 atom stereocenters. The predicted molar refractivity (Wildman–Crippen MR) is 56.7 cm³/mol. The largest absolute Gasteiger partial charge is 0.395 e. The summed E-state index contributed by atoms with van der Waals surface area (Å²) in [5.74, 6) is 1.60. The Labute approximate surface area is 88.3 Å². The molecule has 1 aromatic heterocycles. The summed E-state index contributed by atoms with van der Waals surface area (Å²) in [5.41, 5.74) is 0. The second-order valence-electron chi connectivity index (χ2n) is 3.24. The summed E-state index contributed by atoms with van der Waals surface area (Å²) in [4.78, 5) is 8.35. The molecule has 78 valence electrons. The maximum Gasteiger partial charge on any atom is 0.135 e. The van der Waals surface area contributed by atoms with Crippen LogP contribution in [0.2, 0.25) is 5.15 Å². The van der Waals surface area contributed by atoms with Crippen LogP contribution in [0.3, 0.4) is 0 Å². The van der Waals surface area contributed by atoms with Crippen LogP contribution in [0.25, 0.3) is 0 Å². The van der Waals surface area contributed by atoms with E-state index < -0.39 is 0 Å². The molecule has 1 heterocycles. The van der Waals surface area contributed by atoms with Crippen LogP contribution in [0.4, 0.5) is 5.82 Å². The van der Waals surface area contributed by atoms with E-state index in [1.807, 2.05) is 13.8 Å². The number of nitrogens with zero attached hydrogens (tertiary/aromatic N) is 2. The highest BCUT2D eigenvalue weighted by Gasteiger charge is 2.06. The van der Waals surface area contributed by atoms with Gasteiger partial charge in [-0.3, -0.25) is 0 Å². The lowest BCUT2D eigenvalue weighted by molar-refractivity contribution is 0.311. The number of rotatable bonds is 4. The van der Waals surface area contributed by atoms with Crippen LogP contribution in [0.15, 0.2) is 6.07 Å². The van der Waals surface area contributed by atoms with Gasteiger partial charge in [-0.1, -0.05) is 25.4 Å². The first-order chi connectivity index (χ1) is 6.63. The SMILES string of the molecule is CC(C)c1nc(Cl)cc(NCCO)n1. The van der Waals surface area contributed by atoms with E-state index in [1.54, 1.807) is 6.07 Å². The van der Waals surface area contributed by atoms with Crippen molar-refractivity contribution in [3.63, 3.8) is 0 Å². The predicted octanol–water partition coefficient (Wildman–Crippen LogP) is 1.66. The van der Waals surface area contributed by atoms with Gasteiger partial charge in [0.25, 0.3) is 0 Å². The minimum Gasteiger partial charge on any atom is -0.395 e. The Kier molecular flexibility index (Phi) is 4.10. The lowest BCUT2D eigenvalue weighted by Gasteiger charge is -2.08. The number of nitrogens with one attached hydrogen (secondary N) is 1. The smallest absolute Gasteiger partial charge is 0.135 e. The Bertz CT molecular complexity index is 304. The Morgan fingerprint density at radius 2 is 2.21 bits per heavy atom. The van der Waals surface area contributed by atoms with Gasteiger partial charge in [0.1, 0.15) is 16.8 Å². The zero-order chi connectivity index (χ0) is 10.6. The van der Waals surface area contributed by atoms with Gasteiger partial charge in [0.2, 0.25) is 0 Å². The van der Waals surface area contributed by atoms with Crippen molar-refractivity contribution >= 4 is 17.4 Å². The average Bonchev–Trinajstić information content (AvgIpc) is 2.14. The van der Waals surface area contributed by atoms with Crippen LogP contribution < -0.4 is 5.32 Å². The molecule has 0 amide bonds. The average molecular weight is 216 g/mol. The number of halogens is 1. The highest BCUT2D eigenvalue weighted by molar-refractivity contribution is 6.29. The van der Waals surface area contributed by atoms with Crippen molar-refractivity contribution in [2.75, 3.05) is 18.5 Å². The van der Waals surface area contributed by atoms with Gasteiger partial charge in [-0.15, -0.1) is 0 Å². The molecule has 1 aromatic rings. The van der Waals surface area contributed by atoms with Gasteiger partial charge < -0.3 is 10.4 Å². The molecule has 0 spiro atoms. The minimum atomic E-state index is 0.0681. The van der Waals surface area contributed by atoms with Gasteiger partial charge in [-0.25, -0.2) is 9.97 Å². The standard InChI is InChI=1S/C9H14ClN3O/c1-6(2)9-12-7(10)5-8(13-9)11-3-4-14/h5-6,14H,3-4H2,1-2H3,(H,11,12,13). The first-order valence-electron chi connectivity index (χ1n) is 4.52. The van der Waals surface area contributed by atoms with Crippen molar-refractivity contribution in [3.8, 4) is 0 Å². The van der Waals surface area contributed by atoms with Crippen LogP contribution in [-0.4, -0.2) is 28.2 Å². The molecule has 2 N–H and O–H groups in total. The monoisotopic (exact) mass is 215 g/mol. The molecular formula is C9H14ClN3O. The van der Waals surface area contributed by atoms with E-state index >= 15 is 0 Å². The number of hydrogen-bond acceptors (Lipinski definition) is 4. The fraction of sp³-hybridized carbons (Fsp3) is 0.556. The highest BCUT2D eigenvalue weighted by Crippen LogP contribution is 2.16. The van der Waals surface area contributed by atoms with E-state index in [4.69, 9.17) is 16.7 Å². The summed E-state index contributed by atoms with van der Waals surface area (Å²) < 4.78 is 0. The van der Waals surface area contributed by atoms with E-state index in [-0.39, 0.29) is 12.5 Å². The van der Waals surface area contributed by atoms with Crippen LogP contribution in [0.5, 0.6) is 0 Å². The van der Waals surface area contributed by atoms with Crippen molar-refractivity contribution < 1.29 is 5.11 Å². The summed E-state index contributed by atoms with van der Waals surface area (Å²) in [6.45, 7) is 4.53. The molecule has 0 fully saturated rings. The van der Waals surface area contributed by atoms with Crippen LogP contribution in [-0.2, 0) is 0 Å². The molecule has 0 saturated carbocycles. The fourth-order valence-corrected chi connectivity index (χ4v) is 1.16. The van der Waals surface area contributed by atoms with E-state index in [0.29, 0.717) is 23.3 Å². The molecule has 0 saturated heterocycles. The van der Waals surface area contributed by atoms with Crippen molar-refractivity contribution in [2.45, 2.75) is 19.8 Å². The van der Waals surface area contributed by atoms with Gasteiger partial charge in [0.05, 0.1) is 6.61 Å². The minimum absolute atomic E-state index is 0.0681. The van der Waals surface area contributed by atoms with Gasteiger partial charge in [0.15, 0.2) is 0 Å². The first kappa shape index (κ1) is 11.2. The molecular weight excluding hydrogens is 202 g/mol. The fourth-order valence-electron chi connectivity index (χ4n) is 0.968. The third-order valence-corrected chi connectivity index (χ3v) is 1.84. The molecule has 0 aromatic carbocycles. The maximum atomic E-state index is 8.64. The molecule has 0 radical (unpaired) electrons. The van der Waals surface area contributed by atoms with E-state index in [2.05, 4.69) is 15.3 Å². The lowest BCUT2D eigenvalue weighted by atomic mass is 10.2. The van der Waals surface area contributed by atoms with Crippen LogP contribution >= 0.6 is 11.6 Å². The van der Waals surface area contributed by atoms with Crippen molar-refractivity contribution in [3.05, 3.63) is 17.0 Å².